The summed E-state index contributed by atoms with van der Waals surface area (Å²) in [5.74, 6) is 0.0509. The van der Waals surface area contributed by atoms with Crippen LogP contribution in [-0.2, 0) is 0 Å². The Morgan fingerprint density at radius 2 is 2.10 bits per heavy atom. The van der Waals surface area contributed by atoms with Crippen molar-refractivity contribution in [1.29, 1.82) is 0 Å². The third-order valence-corrected chi connectivity index (χ3v) is 2.94. The molecule has 2 rings (SSSR count). The largest absolute Gasteiger partial charge is 0.506 e. The molecule has 1 aromatic rings. The highest BCUT2D eigenvalue weighted by Crippen LogP contribution is 2.38. The molecule has 0 aromatic heterocycles. The molecule has 0 amide bonds. The molecule has 4 heteroatoms. The molecular weight excluding hydrogens is 256 g/mol. The normalized spacial score (nSPS) is 14.3. The number of allylic oxidation sites excluding steroid dienone is 4. The number of ether oxygens (including phenoxy) is 1. The monoisotopic (exact) mass is 270 g/mol. The van der Waals surface area contributed by atoms with Crippen LogP contribution >= 0.6 is 0 Å². The van der Waals surface area contributed by atoms with Crippen LogP contribution in [0.4, 0.5) is 0 Å². The Morgan fingerprint density at radius 3 is 2.80 bits per heavy atom. The van der Waals surface area contributed by atoms with Gasteiger partial charge in [0.05, 0.1) is 23.3 Å². The number of phenolic OH excluding ortho intramolecular Hbond substituents is 1. The molecule has 0 atom stereocenters. The average molecular weight is 270 g/mol. The van der Waals surface area contributed by atoms with Crippen LogP contribution in [0.2, 0.25) is 0 Å². The minimum absolute atomic E-state index is 0.0787. The van der Waals surface area contributed by atoms with Crippen molar-refractivity contribution in [2.24, 2.45) is 0 Å². The molecular formula is C16H14O4. The number of aldehydes is 1. The van der Waals surface area contributed by atoms with Crippen LogP contribution in [0.15, 0.2) is 36.9 Å². The van der Waals surface area contributed by atoms with Gasteiger partial charge in [0.25, 0.3) is 0 Å². The predicted molar refractivity (Wildman–Crippen MR) is 76.3 cm³/mol. The first-order chi connectivity index (χ1) is 9.69. The smallest absolute Gasteiger partial charge is 0.170 e. The Kier molecular flexibility index (Phi) is 4.15. The van der Waals surface area contributed by atoms with Crippen molar-refractivity contribution < 1.29 is 19.4 Å². The first-order valence-corrected chi connectivity index (χ1v) is 6.16. The van der Waals surface area contributed by atoms with E-state index in [1.807, 2.05) is 0 Å². The molecule has 0 bridgehead atoms. The minimum atomic E-state index is -0.184. The van der Waals surface area contributed by atoms with E-state index < -0.39 is 0 Å². The van der Waals surface area contributed by atoms with Crippen LogP contribution in [0, 0.1) is 0 Å². The van der Waals surface area contributed by atoms with Crippen LogP contribution in [0.3, 0.4) is 0 Å². The molecule has 1 N–H and O–H groups in total. The summed E-state index contributed by atoms with van der Waals surface area (Å²) in [7, 11) is 0. The van der Waals surface area contributed by atoms with Crippen LogP contribution in [0.25, 0.3) is 6.08 Å². The first kappa shape index (κ1) is 13.8. The lowest BCUT2D eigenvalue weighted by Gasteiger charge is -2.20. The molecule has 1 aliphatic rings. The highest BCUT2D eigenvalue weighted by atomic mass is 16.5. The summed E-state index contributed by atoms with van der Waals surface area (Å²) in [5, 5.41) is 10.1. The summed E-state index contributed by atoms with van der Waals surface area (Å²) in [6, 6.07) is 1.37. The van der Waals surface area contributed by atoms with E-state index in [2.05, 4.69) is 6.58 Å². The SMILES string of the molecule is C=C/C=C/C=C/c1c(O)c(C=O)cc2c1OCCC2=O. The van der Waals surface area contributed by atoms with Crippen LogP contribution in [0.1, 0.15) is 32.7 Å². The average Bonchev–Trinajstić information content (AvgIpc) is 2.45. The van der Waals surface area contributed by atoms with Crippen molar-refractivity contribution in [1.82, 2.24) is 0 Å². The van der Waals surface area contributed by atoms with E-state index in [1.54, 1.807) is 30.4 Å². The number of hydrogen-bond donors (Lipinski definition) is 1. The third kappa shape index (κ3) is 2.54. The van der Waals surface area contributed by atoms with Gasteiger partial charge in [-0.1, -0.05) is 30.9 Å². The molecule has 102 valence electrons. The summed E-state index contributed by atoms with van der Waals surface area (Å²) in [5.41, 5.74) is 0.754. The lowest BCUT2D eigenvalue weighted by atomic mass is 9.96. The second-order valence-corrected chi connectivity index (χ2v) is 4.22. The fourth-order valence-corrected chi connectivity index (χ4v) is 1.98. The molecule has 1 heterocycles. The highest BCUT2D eigenvalue weighted by Gasteiger charge is 2.24. The number of carbonyl (C=O) groups is 2. The Balaban J connectivity index is 2.58. The molecule has 0 radical (unpaired) electrons. The summed E-state index contributed by atoms with van der Waals surface area (Å²) < 4.78 is 5.47. The van der Waals surface area contributed by atoms with Gasteiger partial charge in [-0.2, -0.15) is 0 Å². The number of phenols is 1. The highest BCUT2D eigenvalue weighted by molar-refractivity contribution is 6.03. The van der Waals surface area contributed by atoms with Gasteiger partial charge in [-0.05, 0) is 12.1 Å². The van der Waals surface area contributed by atoms with E-state index in [1.165, 1.54) is 6.07 Å². The molecule has 0 fully saturated rings. The Bertz CT molecular complexity index is 624. The topological polar surface area (TPSA) is 63.6 Å². The fraction of sp³-hybridized carbons (Fsp3) is 0.125. The van der Waals surface area contributed by atoms with E-state index in [-0.39, 0.29) is 30.1 Å². The Morgan fingerprint density at radius 1 is 1.30 bits per heavy atom. The Labute approximate surface area is 116 Å². The number of Topliss-reactive ketones (excluding diaryl/α,β-unsaturated/α-hetero) is 1. The van der Waals surface area contributed by atoms with Crippen LogP contribution < -0.4 is 4.74 Å². The van der Waals surface area contributed by atoms with Crippen molar-refractivity contribution in [3.63, 3.8) is 0 Å². The second kappa shape index (κ2) is 6.02. The van der Waals surface area contributed by atoms with Crippen LogP contribution in [-0.4, -0.2) is 23.8 Å². The van der Waals surface area contributed by atoms with Crippen molar-refractivity contribution in [3.05, 3.63) is 53.6 Å². The van der Waals surface area contributed by atoms with Crippen molar-refractivity contribution >= 4 is 18.1 Å². The van der Waals surface area contributed by atoms with Crippen molar-refractivity contribution in [2.45, 2.75) is 6.42 Å². The van der Waals surface area contributed by atoms with Crippen LogP contribution in [0.5, 0.6) is 11.5 Å². The molecule has 1 aliphatic heterocycles. The third-order valence-electron chi connectivity index (χ3n) is 2.94. The molecule has 20 heavy (non-hydrogen) atoms. The van der Waals surface area contributed by atoms with Gasteiger partial charge in [0.1, 0.15) is 11.5 Å². The van der Waals surface area contributed by atoms with Crippen molar-refractivity contribution in [3.8, 4) is 11.5 Å². The second-order valence-electron chi connectivity index (χ2n) is 4.22. The summed E-state index contributed by atoms with van der Waals surface area (Å²) in [6.07, 6.45) is 9.12. The first-order valence-electron chi connectivity index (χ1n) is 6.16. The molecule has 1 aromatic carbocycles. The molecule has 0 aliphatic carbocycles. The number of rotatable bonds is 4. The number of carbonyl (C=O) groups excluding carboxylic acids is 2. The number of benzene rings is 1. The maximum atomic E-state index is 11.9. The van der Waals surface area contributed by atoms with Gasteiger partial charge in [0.2, 0.25) is 0 Å². The maximum absolute atomic E-state index is 11.9. The summed E-state index contributed by atoms with van der Waals surface area (Å²) in [6.45, 7) is 3.82. The van der Waals surface area contributed by atoms with E-state index in [4.69, 9.17) is 4.74 Å². The zero-order valence-electron chi connectivity index (χ0n) is 10.8. The van der Waals surface area contributed by atoms with Gasteiger partial charge in [0, 0.05) is 6.42 Å². The minimum Gasteiger partial charge on any atom is -0.506 e. The van der Waals surface area contributed by atoms with E-state index in [9.17, 15) is 14.7 Å². The molecule has 0 spiro atoms. The van der Waals surface area contributed by atoms with Gasteiger partial charge >= 0.3 is 0 Å². The van der Waals surface area contributed by atoms with Gasteiger partial charge in [-0.3, -0.25) is 9.59 Å². The number of ketones is 1. The zero-order chi connectivity index (χ0) is 14.5. The quantitative estimate of drug-likeness (QED) is 0.675. The lowest BCUT2D eigenvalue weighted by Crippen LogP contribution is -2.16. The fourth-order valence-electron chi connectivity index (χ4n) is 1.98. The summed E-state index contributed by atoms with van der Waals surface area (Å²) >= 11 is 0. The van der Waals surface area contributed by atoms with Gasteiger partial charge < -0.3 is 9.84 Å². The number of aromatic hydroxyl groups is 1. The predicted octanol–water partition coefficient (Wildman–Crippen LogP) is 2.93. The Hall–Kier alpha value is -2.62. The molecule has 0 saturated heterocycles. The van der Waals surface area contributed by atoms with Gasteiger partial charge in [-0.15, -0.1) is 0 Å². The number of hydrogen-bond acceptors (Lipinski definition) is 4. The lowest BCUT2D eigenvalue weighted by molar-refractivity contribution is 0.0933. The molecule has 0 saturated carbocycles. The van der Waals surface area contributed by atoms with E-state index in [0.29, 0.717) is 23.2 Å². The van der Waals surface area contributed by atoms with Gasteiger partial charge in [0.15, 0.2) is 12.1 Å². The van der Waals surface area contributed by atoms with E-state index in [0.717, 1.165) is 0 Å². The van der Waals surface area contributed by atoms with E-state index >= 15 is 0 Å². The number of fused-ring (bicyclic) bond motifs is 1. The standard InChI is InChI=1S/C16H14O4/c1-2-3-4-5-6-12-15(19)11(10-17)9-13-14(18)7-8-20-16(12)13/h2-6,9-10,19H,1,7-8H2/b4-3+,6-5+. The van der Waals surface area contributed by atoms with Crippen molar-refractivity contribution in [2.75, 3.05) is 6.61 Å². The van der Waals surface area contributed by atoms with Gasteiger partial charge in [-0.25, -0.2) is 0 Å². The maximum Gasteiger partial charge on any atom is 0.170 e. The molecule has 0 unspecified atom stereocenters. The summed E-state index contributed by atoms with van der Waals surface area (Å²) in [4.78, 5) is 22.8. The zero-order valence-corrected chi connectivity index (χ0v) is 10.8. The molecule has 4 nitrogen and oxygen atoms in total.